The molecule has 3 aromatic rings. The van der Waals surface area contributed by atoms with Crippen molar-refractivity contribution in [2.75, 3.05) is 6.54 Å². The van der Waals surface area contributed by atoms with Gasteiger partial charge in [0.1, 0.15) is 10.7 Å². The number of nitrogens with zero attached hydrogens (tertiary/aromatic N) is 4. The van der Waals surface area contributed by atoms with Crippen LogP contribution in [0.1, 0.15) is 19.3 Å². The average molecular weight is 325 g/mol. The molecule has 2 fully saturated rings. The second kappa shape index (κ2) is 5.39. The van der Waals surface area contributed by atoms with Gasteiger partial charge in [0.05, 0.1) is 23.0 Å². The summed E-state index contributed by atoms with van der Waals surface area (Å²) >= 11 is 1.68. The predicted molar refractivity (Wildman–Crippen MR) is 91.3 cm³/mol. The minimum absolute atomic E-state index is 0.549. The summed E-state index contributed by atoms with van der Waals surface area (Å²) in [6.45, 7) is 2.06. The quantitative estimate of drug-likeness (QED) is 0.801. The normalized spacial score (nSPS) is 24.5. The molecule has 0 bridgehead atoms. The van der Waals surface area contributed by atoms with Crippen LogP contribution in [0, 0.1) is 11.8 Å². The van der Waals surface area contributed by atoms with Gasteiger partial charge in [-0.25, -0.2) is 4.98 Å². The Bertz CT molecular complexity index is 801. The molecule has 2 aliphatic rings. The Morgan fingerprint density at radius 2 is 2.13 bits per heavy atom. The Kier molecular flexibility index (Phi) is 3.19. The third-order valence-electron chi connectivity index (χ3n) is 5.06. The first-order chi connectivity index (χ1) is 11.4. The Morgan fingerprint density at radius 3 is 3.00 bits per heavy atom. The topological polar surface area (TPSA) is 55.6 Å². The highest BCUT2D eigenvalue weighted by Gasteiger charge is 2.39. The van der Waals surface area contributed by atoms with E-state index < -0.39 is 0 Å². The van der Waals surface area contributed by atoms with E-state index in [4.69, 9.17) is 0 Å². The standard InChI is InChI=1S/C17H19N5S/c1-2-4-16-13(3-1)19-17(23-16)15-10-22(21-20-15)9-14-12(7-8-18-14)11-5-6-11/h1-4,10-12,14,18H,5-9H2. The molecule has 1 saturated carbocycles. The summed E-state index contributed by atoms with van der Waals surface area (Å²) in [5, 5.41) is 13.3. The fourth-order valence-electron chi connectivity index (χ4n) is 3.75. The molecule has 1 saturated heterocycles. The van der Waals surface area contributed by atoms with Crippen LogP contribution in [-0.2, 0) is 6.54 Å². The van der Waals surface area contributed by atoms with Crippen molar-refractivity contribution >= 4 is 21.6 Å². The Morgan fingerprint density at radius 1 is 1.22 bits per heavy atom. The van der Waals surface area contributed by atoms with Crippen molar-refractivity contribution in [1.82, 2.24) is 25.3 Å². The van der Waals surface area contributed by atoms with Gasteiger partial charge in [-0.15, -0.1) is 16.4 Å². The summed E-state index contributed by atoms with van der Waals surface area (Å²) in [4.78, 5) is 4.67. The van der Waals surface area contributed by atoms with Crippen LogP contribution in [0.5, 0.6) is 0 Å². The maximum absolute atomic E-state index is 4.67. The second-order valence-electron chi connectivity index (χ2n) is 6.66. The molecule has 3 heterocycles. The summed E-state index contributed by atoms with van der Waals surface area (Å²) in [7, 11) is 0. The number of para-hydroxylation sites is 1. The number of hydrogen-bond donors (Lipinski definition) is 1. The Labute approximate surface area is 138 Å². The molecule has 2 aromatic heterocycles. The zero-order chi connectivity index (χ0) is 15.2. The van der Waals surface area contributed by atoms with Crippen LogP contribution in [0.2, 0.25) is 0 Å². The summed E-state index contributed by atoms with van der Waals surface area (Å²) in [5.74, 6) is 1.77. The van der Waals surface area contributed by atoms with Crippen molar-refractivity contribution in [2.24, 2.45) is 11.8 Å². The summed E-state index contributed by atoms with van der Waals surface area (Å²) in [5.41, 5.74) is 1.92. The first-order valence-corrected chi connectivity index (χ1v) is 9.18. The minimum atomic E-state index is 0.549. The van der Waals surface area contributed by atoms with E-state index in [1.54, 1.807) is 11.3 Å². The van der Waals surface area contributed by atoms with Crippen molar-refractivity contribution in [3.8, 4) is 10.7 Å². The molecule has 6 heteroatoms. The molecule has 118 valence electrons. The zero-order valence-electron chi connectivity index (χ0n) is 12.9. The monoisotopic (exact) mass is 325 g/mol. The lowest BCUT2D eigenvalue weighted by Crippen LogP contribution is -2.32. The lowest BCUT2D eigenvalue weighted by Gasteiger charge is -2.18. The molecule has 5 rings (SSSR count). The second-order valence-corrected chi connectivity index (χ2v) is 7.69. The molecule has 0 radical (unpaired) electrons. The van der Waals surface area contributed by atoms with Crippen LogP contribution in [-0.4, -0.2) is 32.6 Å². The number of thiazole rings is 1. The minimum Gasteiger partial charge on any atom is -0.312 e. The predicted octanol–water partition coefficient (Wildman–Crippen LogP) is 2.94. The van der Waals surface area contributed by atoms with E-state index in [0.717, 1.165) is 41.1 Å². The van der Waals surface area contributed by atoms with E-state index in [2.05, 4.69) is 26.7 Å². The molecule has 1 aromatic carbocycles. The van der Waals surface area contributed by atoms with E-state index in [-0.39, 0.29) is 0 Å². The van der Waals surface area contributed by atoms with Crippen LogP contribution < -0.4 is 5.32 Å². The van der Waals surface area contributed by atoms with Gasteiger partial charge in [0.25, 0.3) is 0 Å². The van der Waals surface area contributed by atoms with Crippen LogP contribution in [0.3, 0.4) is 0 Å². The lowest BCUT2D eigenvalue weighted by atomic mass is 9.95. The van der Waals surface area contributed by atoms with Crippen LogP contribution in [0.4, 0.5) is 0 Å². The smallest absolute Gasteiger partial charge is 0.146 e. The average Bonchev–Trinajstić information content (AvgIpc) is 3.01. The highest BCUT2D eigenvalue weighted by molar-refractivity contribution is 7.21. The number of benzene rings is 1. The Hall–Kier alpha value is -1.79. The molecule has 2 unspecified atom stereocenters. The molecule has 1 aliphatic heterocycles. The molecular formula is C17H19N5S. The number of nitrogens with one attached hydrogen (secondary N) is 1. The summed E-state index contributed by atoms with van der Waals surface area (Å²) in [6.07, 6.45) is 6.19. The molecule has 1 N–H and O–H groups in total. The molecule has 0 amide bonds. The van der Waals surface area contributed by atoms with Crippen LogP contribution in [0.25, 0.3) is 20.9 Å². The third kappa shape index (κ3) is 2.56. The van der Waals surface area contributed by atoms with Crippen molar-refractivity contribution in [2.45, 2.75) is 31.8 Å². The Balaban J connectivity index is 1.37. The van der Waals surface area contributed by atoms with Crippen molar-refractivity contribution in [3.63, 3.8) is 0 Å². The third-order valence-corrected chi connectivity index (χ3v) is 6.12. The van der Waals surface area contributed by atoms with E-state index in [0.29, 0.717) is 6.04 Å². The number of hydrogen-bond acceptors (Lipinski definition) is 5. The van der Waals surface area contributed by atoms with Gasteiger partial charge < -0.3 is 5.32 Å². The van der Waals surface area contributed by atoms with Gasteiger partial charge in [-0.2, -0.15) is 0 Å². The van der Waals surface area contributed by atoms with E-state index in [1.165, 1.54) is 24.0 Å². The first kappa shape index (κ1) is 13.6. The first-order valence-electron chi connectivity index (χ1n) is 8.36. The number of aromatic nitrogens is 4. The van der Waals surface area contributed by atoms with E-state index in [1.807, 2.05) is 29.1 Å². The largest absolute Gasteiger partial charge is 0.312 e. The molecular weight excluding hydrogens is 306 g/mol. The van der Waals surface area contributed by atoms with Crippen molar-refractivity contribution < 1.29 is 0 Å². The summed E-state index contributed by atoms with van der Waals surface area (Å²) in [6, 6.07) is 8.76. The van der Waals surface area contributed by atoms with Gasteiger partial charge in [-0.05, 0) is 49.8 Å². The van der Waals surface area contributed by atoms with Gasteiger partial charge in [0.2, 0.25) is 0 Å². The molecule has 23 heavy (non-hydrogen) atoms. The fourth-order valence-corrected chi connectivity index (χ4v) is 4.66. The summed E-state index contributed by atoms with van der Waals surface area (Å²) < 4.78 is 3.18. The molecule has 0 spiro atoms. The van der Waals surface area contributed by atoms with Gasteiger partial charge in [0.15, 0.2) is 0 Å². The fraction of sp³-hybridized carbons (Fsp3) is 0.471. The number of rotatable bonds is 4. The van der Waals surface area contributed by atoms with Gasteiger partial charge in [-0.3, -0.25) is 4.68 Å². The van der Waals surface area contributed by atoms with Crippen LogP contribution >= 0.6 is 11.3 Å². The molecule has 5 nitrogen and oxygen atoms in total. The maximum Gasteiger partial charge on any atom is 0.146 e. The van der Waals surface area contributed by atoms with E-state index in [9.17, 15) is 0 Å². The van der Waals surface area contributed by atoms with E-state index >= 15 is 0 Å². The van der Waals surface area contributed by atoms with Crippen molar-refractivity contribution in [1.29, 1.82) is 0 Å². The SMILES string of the molecule is c1ccc2sc(-c3cn(CC4NCCC4C4CC4)nn3)nc2c1. The van der Waals surface area contributed by atoms with Gasteiger partial charge in [-0.1, -0.05) is 17.3 Å². The lowest BCUT2D eigenvalue weighted by molar-refractivity contribution is 0.347. The maximum atomic E-state index is 4.67. The zero-order valence-corrected chi connectivity index (χ0v) is 13.7. The highest BCUT2D eigenvalue weighted by atomic mass is 32.1. The van der Waals surface area contributed by atoms with Crippen LogP contribution in [0.15, 0.2) is 30.5 Å². The van der Waals surface area contributed by atoms with Crippen molar-refractivity contribution in [3.05, 3.63) is 30.5 Å². The van der Waals surface area contributed by atoms with Gasteiger partial charge in [0, 0.05) is 6.04 Å². The highest BCUT2D eigenvalue weighted by Crippen LogP contribution is 2.42. The number of fused-ring (bicyclic) bond motifs is 1. The molecule has 2 atom stereocenters. The van der Waals surface area contributed by atoms with Gasteiger partial charge >= 0.3 is 0 Å². The molecule has 1 aliphatic carbocycles.